The molecule has 0 radical (unpaired) electrons. The predicted molar refractivity (Wildman–Crippen MR) is 71.2 cm³/mol. The van der Waals surface area contributed by atoms with E-state index in [4.69, 9.17) is 0 Å². The van der Waals surface area contributed by atoms with E-state index >= 15 is 0 Å². The zero-order valence-electron chi connectivity index (χ0n) is 10.1. The van der Waals surface area contributed by atoms with Gasteiger partial charge in [-0.05, 0) is 32.9 Å². The van der Waals surface area contributed by atoms with Gasteiger partial charge < -0.3 is 5.32 Å². The minimum absolute atomic E-state index is 0.148. The third-order valence-corrected chi connectivity index (χ3v) is 4.78. The molecule has 0 amide bonds. The molecular weight excluding hydrogens is 238 g/mol. The summed E-state index contributed by atoms with van der Waals surface area (Å²) in [6, 6.07) is 0. The summed E-state index contributed by atoms with van der Waals surface area (Å²) >= 11 is 3.80. The fourth-order valence-corrected chi connectivity index (χ4v) is 3.82. The van der Waals surface area contributed by atoms with Gasteiger partial charge in [0.25, 0.3) is 0 Å². The van der Waals surface area contributed by atoms with Crippen molar-refractivity contribution in [3.05, 3.63) is 10.0 Å². The molecular formula is C11H19N3S2. The van der Waals surface area contributed by atoms with Gasteiger partial charge in [0, 0.05) is 17.2 Å². The number of hydrogen-bond donors (Lipinski definition) is 1. The Balaban J connectivity index is 1.91. The first-order valence-corrected chi connectivity index (χ1v) is 7.67. The van der Waals surface area contributed by atoms with E-state index in [0.717, 1.165) is 11.6 Å². The summed E-state index contributed by atoms with van der Waals surface area (Å²) in [4.78, 5) is 0. The highest BCUT2D eigenvalue weighted by atomic mass is 32.2. The van der Waals surface area contributed by atoms with Gasteiger partial charge in [0.05, 0.1) is 6.54 Å². The SMILES string of the molecule is CC(C)(C)NCc1nnc(C2CCSC2)s1. The summed E-state index contributed by atoms with van der Waals surface area (Å²) in [5.41, 5.74) is 0.148. The van der Waals surface area contributed by atoms with E-state index in [1.807, 2.05) is 11.8 Å². The van der Waals surface area contributed by atoms with E-state index in [1.54, 1.807) is 11.3 Å². The molecule has 1 aliphatic rings. The summed E-state index contributed by atoms with van der Waals surface area (Å²) in [6.45, 7) is 7.34. The molecule has 2 rings (SSSR count). The molecule has 0 spiro atoms. The van der Waals surface area contributed by atoms with Crippen molar-refractivity contribution >= 4 is 23.1 Å². The fraction of sp³-hybridized carbons (Fsp3) is 0.818. The average molecular weight is 257 g/mol. The van der Waals surface area contributed by atoms with Gasteiger partial charge in [0.1, 0.15) is 10.0 Å². The van der Waals surface area contributed by atoms with Crippen molar-refractivity contribution in [1.82, 2.24) is 15.5 Å². The number of rotatable bonds is 3. The van der Waals surface area contributed by atoms with E-state index in [0.29, 0.717) is 5.92 Å². The van der Waals surface area contributed by atoms with Crippen LogP contribution in [-0.2, 0) is 6.54 Å². The molecule has 1 aliphatic heterocycles. The van der Waals surface area contributed by atoms with Crippen molar-refractivity contribution in [1.29, 1.82) is 0 Å². The highest BCUT2D eigenvalue weighted by Gasteiger charge is 2.21. The molecule has 0 bridgehead atoms. The van der Waals surface area contributed by atoms with Crippen LogP contribution in [0.4, 0.5) is 0 Å². The minimum Gasteiger partial charge on any atom is -0.306 e. The zero-order chi connectivity index (χ0) is 11.6. The van der Waals surface area contributed by atoms with Crippen molar-refractivity contribution in [2.24, 2.45) is 0 Å². The Hall–Kier alpha value is -0.130. The molecule has 1 saturated heterocycles. The van der Waals surface area contributed by atoms with Crippen LogP contribution in [-0.4, -0.2) is 27.2 Å². The fourth-order valence-electron chi connectivity index (χ4n) is 1.57. The number of nitrogens with zero attached hydrogens (tertiary/aromatic N) is 2. The van der Waals surface area contributed by atoms with Gasteiger partial charge >= 0.3 is 0 Å². The number of hydrogen-bond acceptors (Lipinski definition) is 5. The average Bonchev–Trinajstić information content (AvgIpc) is 2.84. The maximum absolute atomic E-state index is 4.31. The lowest BCUT2D eigenvalue weighted by Crippen LogP contribution is -2.35. The molecule has 1 N–H and O–H groups in total. The van der Waals surface area contributed by atoms with Crippen molar-refractivity contribution in [3.63, 3.8) is 0 Å². The molecule has 16 heavy (non-hydrogen) atoms. The number of nitrogens with one attached hydrogen (secondary N) is 1. The van der Waals surface area contributed by atoms with Crippen LogP contribution in [0.3, 0.4) is 0 Å². The quantitative estimate of drug-likeness (QED) is 0.903. The summed E-state index contributed by atoms with van der Waals surface area (Å²) in [5, 5.41) is 14.4. The van der Waals surface area contributed by atoms with E-state index < -0.39 is 0 Å². The van der Waals surface area contributed by atoms with Crippen molar-refractivity contribution in [2.75, 3.05) is 11.5 Å². The summed E-state index contributed by atoms with van der Waals surface area (Å²) < 4.78 is 0. The normalized spacial score (nSPS) is 21.6. The lowest BCUT2D eigenvalue weighted by molar-refractivity contribution is 0.423. The zero-order valence-corrected chi connectivity index (χ0v) is 11.7. The standard InChI is InChI=1S/C11H19N3S2/c1-11(2,3)12-6-9-13-14-10(16-9)8-4-5-15-7-8/h8,12H,4-7H2,1-3H3. The highest BCUT2D eigenvalue weighted by Crippen LogP contribution is 2.33. The van der Waals surface area contributed by atoms with Crippen molar-refractivity contribution < 1.29 is 0 Å². The maximum atomic E-state index is 4.31. The van der Waals surface area contributed by atoms with Gasteiger partial charge in [-0.3, -0.25) is 0 Å². The summed E-state index contributed by atoms with van der Waals surface area (Å²) in [5.74, 6) is 3.16. The number of thioether (sulfide) groups is 1. The minimum atomic E-state index is 0.148. The first-order chi connectivity index (χ1) is 7.54. The van der Waals surface area contributed by atoms with Crippen LogP contribution in [0.1, 0.15) is 43.1 Å². The van der Waals surface area contributed by atoms with Crippen molar-refractivity contribution in [3.8, 4) is 0 Å². The molecule has 2 heterocycles. The lowest BCUT2D eigenvalue weighted by Gasteiger charge is -2.19. The molecule has 1 aromatic rings. The van der Waals surface area contributed by atoms with Crippen LogP contribution in [0.2, 0.25) is 0 Å². The van der Waals surface area contributed by atoms with Crippen LogP contribution in [0, 0.1) is 0 Å². The molecule has 0 aromatic carbocycles. The molecule has 1 unspecified atom stereocenters. The van der Waals surface area contributed by atoms with Gasteiger partial charge in [0.2, 0.25) is 0 Å². The van der Waals surface area contributed by atoms with E-state index in [1.165, 1.54) is 22.9 Å². The first-order valence-electron chi connectivity index (χ1n) is 5.70. The molecule has 1 aromatic heterocycles. The van der Waals surface area contributed by atoms with E-state index in [-0.39, 0.29) is 5.54 Å². The monoisotopic (exact) mass is 257 g/mol. The Bertz CT molecular complexity index is 337. The Kier molecular flexibility index (Phi) is 3.87. The predicted octanol–water partition coefficient (Wildman–Crippen LogP) is 2.65. The Morgan fingerprint density at radius 1 is 1.38 bits per heavy atom. The highest BCUT2D eigenvalue weighted by molar-refractivity contribution is 7.99. The van der Waals surface area contributed by atoms with E-state index in [2.05, 4.69) is 36.3 Å². The summed E-state index contributed by atoms with van der Waals surface area (Å²) in [7, 11) is 0. The lowest BCUT2D eigenvalue weighted by atomic mass is 10.1. The molecule has 1 atom stereocenters. The van der Waals surface area contributed by atoms with Gasteiger partial charge in [-0.2, -0.15) is 11.8 Å². The van der Waals surface area contributed by atoms with E-state index in [9.17, 15) is 0 Å². The van der Waals surface area contributed by atoms with Gasteiger partial charge in [-0.25, -0.2) is 0 Å². The molecule has 1 fully saturated rings. The second-order valence-electron chi connectivity index (χ2n) is 5.20. The second-order valence-corrected chi connectivity index (χ2v) is 7.44. The molecule has 0 aliphatic carbocycles. The Morgan fingerprint density at radius 3 is 2.81 bits per heavy atom. The van der Waals surface area contributed by atoms with Crippen LogP contribution in [0.25, 0.3) is 0 Å². The molecule has 5 heteroatoms. The van der Waals surface area contributed by atoms with Crippen LogP contribution < -0.4 is 5.32 Å². The smallest absolute Gasteiger partial charge is 0.131 e. The van der Waals surface area contributed by atoms with Crippen LogP contribution >= 0.6 is 23.1 Å². The third-order valence-electron chi connectivity index (χ3n) is 2.53. The molecule has 90 valence electrons. The summed E-state index contributed by atoms with van der Waals surface area (Å²) in [6.07, 6.45) is 1.27. The largest absolute Gasteiger partial charge is 0.306 e. The Labute approximate surface area is 105 Å². The van der Waals surface area contributed by atoms with Crippen molar-refractivity contribution in [2.45, 2.75) is 45.2 Å². The van der Waals surface area contributed by atoms with Gasteiger partial charge in [-0.15, -0.1) is 10.2 Å². The second kappa shape index (κ2) is 5.02. The van der Waals surface area contributed by atoms with Gasteiger partial charge in [-0.1, -0.05) is 11.3 Å². The van der Waals surface area contributed by atoms with Gasteiger partial charge in [0.15, 0.2) is 0 Å². The van der Waals surface area contributed by atoms with Crippen LogP contribution in [0.15, 0.2) is 0 Å². The first kappa shape index (κ1) is 12.3. The third kappa shape index (κ3) is 3.43. The molecule has 0 saturated carbocycles. The van der Waals surface area contributed by atoms with Crippen LogP contribution in [0.5, 0.6) is 0 Å². The topological polar surface area (TPSA) is 37.8 Å². The number of aromatic nitrogens is 2. The molecule has 3 nitrogen and oxygen atoms in total. The maximum Gasteiger partial charge on any atom is 0.131 e. The Morgan fingerprint density at radius 2 is 2.19 bits per heavy atom.